The molecule has 0 radical (unpaired) electrons. The summed E-state index contributed by atoms with van der Waals surface area (Å²) in [6, 6.07) is 18.6. The Hall–Kier alpha value is -2.98. The van der Waals surface area contributed by atoms with Crippen molar-refractivity contribution < 1.29 is 14.3 Å². The third-order valence-corrected chi connectivity index (χ3v) is 3.83. The molecule has 0 bridgehead atoms. The fraction of sp³-hybridized carbons (Fsp3) is 0.0500. The van der Waals surface area contributed by atoms with Gasteiger partial charge in [0.1, 0.15) is 11.7 Å². The van der Waals surface area contributed by atoms with Gasteiger partial charge in [-0.15, -0.1) is 0 Å². The van der Waals surface area contributed by atoms with E-state index in [1.54, 1.807) is 60.8 Å². The Morgan fingerprint density at radius 3 is 2.44 bits per heavy atom. The van der Waals surface area contributed by atoms with Crippen LogP contribution in [0.4, 0.5) is 0 Å². The molecule has 0 aliphatic carbocycles. The molecule has 0 spiro atoms. The van der Waals surface area contributed by atoms with Crippen molar-refractivity contribution in [2.75, 3.05) is 0 Å². The van der Waals surface area contributed by atoms with Gasteiger partial charge in [-0.1, -0.05) is 48.0 Å². The Labute approximate surface area is 150 Å². The molecule has 1 heterocycles. The molecule has 0 fully saturated rings. The van der Waals surface area contributed by atoms with Crippen LogP contribution in [0.1, 0.15) is 21.8 Å². The fourth-order valence-corrected chi connectivity index (χ4v) is 2.60. The van der Waals surface area contributed by atoms with E-state index in [0.29, 0.717) is 16.1 Å². The quantitative estimate of drug-likeness (QED) is 0.297. The number of halogens is 1. The first-order valence-corrected chi connectivity index (χ1v) is 7.99. The van der Waals surface area contributed by atoms with E-state index in [9.17, 15) is 9.59 Å². The number of rotatable bonds is 5. The van der Waals surface area contributed by atoms with E-state index < -0.39 is 11.9 Å². The zero-order valence-electron chi connectivity index (χ0n) is 13.1. The largest absolute Gasteiger partial charge is 0.426 e. The molecular weight excluding hydrogens is 338 g/mol. The Morgan fingerprint density at radius 2 is 1.76 bits per heavy atom. The average Bonchev–Trinajstić information content (AvgIpc) is 2.63. The van der Waals surface area contributed by atoms with Crippen LogP contribution in [0.15, 0.2) is 79.1 Å². The molecule has 0 saturated heterocycles. The van der Waals surface area contributed by atoms with E-state index in [0.717, 1.165) is 0 Å². The van der Waals surface area contributed by atoms with Gasteiger partial charge in [-0.05, 0) is 35.9 Å². The highest BCUT2D eigenvalue weighted by molar-refractivity contribution is 6.30. The van der Waals surface area contributed by atoms with Gasteiger partial charge in [0, 0.05) is 23.0 Å². The Balaban J connectivity index is 1.94. The van der Waals surface area contributed by atoms with Crippen molar-refractivity contribution in [3.05, 3.63) is 95.3 Å². The molecule has 1 aromatic heterocycles. The highest BCUT2D eigenvalue weighted by Gasteiger charge is 2.31. The number of carbonyl (C=O) groups is 2. The van der Waals surface area contributed by atoms with Crippen molar-refractivity contribution in [1.82, 2.24) is 4.98 Å². The summed E-state index contributed by atoms with van der Waals surface area (Å²) in [6.45, 7) is 0. The summed E-state index contributed by atoms with van der Waals surface area (Å²) >= 11 is 5.92. The molecule has 1 unspecified atom stereocenters. The lowest BCUT2D eigenvalue weighted by Gasteiger charge is -2.15. The molecule has 0 saturated carbocycles. The molecule has 2 aromatic carbocycles. The molecule has 5 heteroatoms. The van der Waals surface area contributed by atoms with Crippen LogP contribution in [-0.2, 0) is 4.79 Å². The lowest BCUT2D eigenvalue weighted by atomic mass is 9.91. The lowest BCUT2D eigenvalue weighted by Crippen LogP contribution is -2.26. The Bertz CT molecular complexity index is 882. The van der Waals surface area contributed by atoms with Gasteiger partial charge in [0.15, 0.2) is 5.78 Å². The van der Waals surface area contributed by atoms with Crippen LogP contribution in [0.2, 0.25) is 5.02 Å². The van der Waals surface area contributed by atoms with Gasteiger partial charge in [0.25, 0.3) is 0 Å². The second-order valence-corrected chi connectivity index (χ2v) is 5.76. The predicted molar refractivity (Wildman–Crippen MR) is 94.8 cm³/mol. The van der Waals surface area contributed by atoms with E-state index >= 15 is 0 Å². The number of ketones is 1. The van der Waals surface area contributed by atoms with Crippen LogP contribution in [-0.4, -0.2) is 16.7 Å². The summed E-state index contributed by atoms with van der Waals surface area (Å²) in [4.78, 5) is 29.6. The highest BCUT2D eigenvalue weighted by Crippen LogP contribution is 2.25. The third kappa shape index (κ3) is 4.11. The Morgan fingerprint density at radius 1 is 0.960 bits per heavy atom. The Kier molecular flexibility index (Phi) is 5.21. The first-order chi connectivity index (χ1) is 12.1. The van der Waals surface area contributed by atoms with Crippen LogP contribution in [0.5, 0.6) is 5.75 Å². The predicted octanol–water partition coefficient (Wildman–Crippen LogP) is 4.31. The molecule has 4 nitrogen and oxygen atoms in total. The van der Waals surface area contributed by atoms with Crippen molar-refractivity contribution in [3.8, 4) is 5.75 Å². The maximum Gasteiger partial charge on any atom is 0.326 e. The topological polar surface area (TPSA) is 56.3 Å². The van der Waals surface area contributed by atoms with Crippen LogP contribution < -0.4 is 4.74 Å². The number of pyridine rings is 1. The SMILES string of the molecule is O=C(Oc1cccc(Cl)c1)C(C(=O)c1cccnc1)c1ccccc1. The maximum absolute atomic E-state index is 12.9. The van der Waals surface area contributed by atoms with Crippen LogP contribution >= 0.6 is 11.6 Å². The molecule has 25 heavy (non-hydrogen) atoms. The first kappa shape index (κ1) is 16.9. The molecule has 0 N–H and O–H groups in total. The zero-order valence-corrected chi connectivity index (χ0v) is 13.9. The number of benzene rings is 2. The average molecular weight is 352 g/mol. The van der Waals surface area contributed by atoms with Gasteiger partial charge >= 0.3 is 5.97 Å². The minimum Gasteiger partial charge on any atom is -0.426 e. The number of aromatic nitrogens is 1. The number of esters is 1. The van der Waals surface area contributed by atoms with Crippen molar-refractivity contribution in [3.63, 3.8) is 0 Å². The van der Waals surface area contributed by atoms with E-state index in [1.807, 2.05) is 6.07 Å². The normalized spacial score (nSPS) is 11.6. The summed E-state index contributed by atoms with van der Waals surface area (Å²) in [5.74, 6) is -1.82. The van der Waals surface area contributed by atoms with Crippen molar-refractivity contribution in [2.24, 2.45) is 0 Å². The van der Waals surface area contributed by atoms with E-state index in [2.05, 4.69) is 4.98 Å². The maximum atomic E-state index is 12.9. The molecule has 3 rings (SSSR count). The van der Waals surface area contributed by atoms with Crippen molar-refractivity contribution >= 4 is 23.4 Å². The number of ether oxygens (including phenoxy) is 1. The third-order valence-electron chi connectivity index (χ3n) is 3.59. The van der Waals surface area contributed by atoms with Gasteiger partial charge in [-0.3, -0.25) is 14.6 Å². The van der Waals surface area contributed by atoms with Crippen molar-refractivity contribution in [2.45, 2.75) is 5.92 Å². The summed E-state index contributed by atoms with van der Waals surface area (Å²) in [5, 5.41) is 0.445. The van der Waals surface area contributed by atoms with Crippen LogP contribution in [0.3, 0.4) is 0 Å². The minimum atomic E-state index is -1.08. The molecule has 0 aliphatic rings. The van der Waals surface area contributed by atoms with Gasteiger partial charge in [-0.25, -0.2) is 0 Å². The molecule has 124 valence electrons. The highest BCUT2D eigenvalue weighted by atomic mass is 35.5. The molecular formula is C20H14ClNO3. The van der Waals surface area contributed by atoms with E-state index in [-0.39, 0.29) is 11.5 Å². The first-order valence-electron chi connectivity index (χ1n) is 7.61. The molecule has 1 atom stereocenters. The smallest absolute Gasteiger partial charge is 0.326 e. The van der Waals surface area contributed by atoms with Gasteiger partial charge in [0.2, 0.25) is 0 Å². The van der Waals surface area contributed by atoms with E-state index in [1.165, 1.54) is 12.3 Å². The lowest BCUT2D eigenvalue weighted by molar-refractivity contribution is -0.134. The monoisotopic (exact) mass is 351 g/mol. The van der Waals surface area contributed by atoms with Gasteiger partial charge in [0.05, 0.1) is 0 Å². The number of nitrogens with zero attached hydrogens (tertiary/aromatic N) is 1. The fourth-order valence-electron chi connectivity index (χ4n) is 2.42. The van der Waals surface area contributed by atoms with Crippen LogP contribution in [0.25, 0.3) is 0 Å². The second-order valence-electron chi connectivity index (χ2n) is 5.33. The van der Waals surface area contributed by atoms with Crippen molar-refractivity contribution in [1.29, 1.82) is 0 Å². The molecule has 3 aromatic rings. The minimum absolute atomic E-state index is 0.289. The summed E-state index contributed by atoms with van der Waals surface area (Å²) in [6.07, 6.45) is 3.00. The van der Waals surface area contributed by atoms with Gasteiger partial charge in [-0.2, -0.15) is 0 Å². The second kappa shape index (κ2) is 7.73. The number of hydrogen-bond donors (Lipinski definition) is 0. The standard InChI is InChI=1S/C20H14ClNO3/c21-16-9-4-10-17(12-16)25-20(24)18(14-6-2-1-3-7-14)19(23)15-8-5-11-22-13-15/h1-13,18H. The number of hydrogen-bond acceptors (Lipinski definition) is 4. The van der Waals surface area contributed by atoms with Gasteiger partial charge < -0.3 is 4.74 Å². The van der Waals surface area contributed by atoms with Crippen LogP contribution in [0, 0.1) is 0 Å². The molecule has 0 amide bonds. The number of carbonyl (C=O) groups excluding carboxylic acids is 2. The number of Topliss-reactive ketones (excluding diaryl/α,β-unsaturated/α-hetero) is 1. The summed E-state index contributed by atoms with van der Waals surface area (Å²) in [5.41, 5.74) is 0.905. The molecule has 0 aliphatic heterocycles. The van der Waals surface area contributed by atoms with E-state index in [4.69, 9.17) is 16.3 Å². The zero-order chi connectivity index (χ0) is 17.6. The summed E-state index contributed by atoms with van der Waals surface area (Å²) < 4.78 is 5.39. The summed E-state index contributed by atoms with van der Waals surface area (Å²) in [7, 11) is 0.